The first-order valence-electron chi connectivity index (χ1n) is 30.5. The van der Waals surface area contributed by atoms with Crippen LogP contribution in [-0.4, -0.2) is 103 Å². The predicted molar refractivity (Wildman–Crippen MR) is 308 cm³/mol. The molecular formula is C57H123N7O4S2. The maximum Gasteiger partial charge on any atom is 0.155 e. The van der Waals surface area contributed by atoms with Crippen LogP contribution in [0.3, 0.4) is 0 Å². The number of hydrogen-bond acceptors (Lipinski definition) is 11. The standard InChI is InChI=1S/C57H123N7O4S2/c1-3-5-7-9-11-13-15-17-19-21-23-25-27-29-31-37-53-69(65,66)55(41-45-59)57(61,43-39-50-64-52-40-51-63-49-36-35-48-62-47-34-33-44-58)56(42-46-60)70(67,68)54-38-32-30-28-26-24-22-20-18-16-14-12-10-8-6-4-2/h55-56,62-64H,3-54,58-61H2,1-2H3. The minimum atomic E-state index is -3.76. The molecular weight excluding hydrogens is 911 g/mol. The molecule has 0 aliphatic rings. The summed E-state index contributed by atoms with van der Waals surface area (Å²) in [6.45, 7) is 11.0. The van der Waals surface area contributed by atoms with Crippen molar-refractivity contribution in [2.45, 2.75) is 293 Å². The average molecular weight is 1030 g/mol. The van der Waals surface area contributed by atoms with Crippen LogP contribution in [0.15, 0.2) is 0 Å². The number of nitrogens with one attached hydrogen (secondary N) is 3. The number of rotatable bonds is 59. The third-order valence-corrected chi connectivity index (χ3v) is 19.7. The molecule has 13 heteroatoms. The first-order chi connectivity index (χ1) is 34.1. The van der Waals surface area contributed by atoms with E-state index in [0.29, 0.717) is 25.8 Å². The maximum absolute atomic E-state index is 14.4. The third-order valence-electron chi connectivity index (χ3n) is 14.9. The van der Waals surface area contributed by atoms with Gasteiger partial charge in [-0.2, -0.15) is 0 Å². The lowest BCUT2D eigenvalue weighted by Gasteiger charge is -2.43. The smallest absolute Gasteiger partial charge is 0.155 e. The molecule has 0 heterocycles. The van der Waals surface area contributed by atoms with Crippen LogP contribution in [0.25, 0.3) is 0 Å². The summed E-state index contributed by atoms with van der Waals surface area (Å²) in [5.41, 5.74) is 23.8. The fourth-order valence-corrected chi connectivity index (χ4v) is 15.3. The highest BCUT2D eigenvalue weighted by atomic mass is 32.2. The van der Waals surface area contributed by atoms with Crippen LogP contribution >= 0.6 is 0 Å². The van der Waals surface area contributed by atoms with Crippen molar-refractivity contribution >= 4 is 19.7 Å². The second-order valence-corrected chi connectivity index (χ2v) is 26.1. The molecule has 2 atom stereocenters. The zero-order valence-electron chi connectivity index (χ0n) is 46.7. The second kappa shape index (κ2) is 50.8. The minimum Gasteiger partial charge on any atom is -0.330 e. The molecule has 422 valence electrons. The Morgan fingerprint density at radius 1 is 0.329 bits per heavy atom. The number of unbranched alkanes of at least 4 members (excludes halogenated alkanes) is 32. The van der Waals surface area contributed by atoms with E-state index < -0.39 is 35.7 Å². The van der Waals surface area contributed by atoms with Gasteiger partial charge in [0, 0.05) is 5.54 Å². The van der Waals surface area contributed by atoms with Gasteiger partial charge in [-0.1, -0.05) is 206 Å². The number of sulfone groups is 2. The zero-order chi connectivity index (χ0) is 51.5. The van der Waals surface area contributed by atoms with Gasteiger partial charge in [-0.05, 0) is 130 Å². The van der Waals surface area contributed by atoms with E-state index in [1.165, 1.54) is 154 Å². The van der Waals surface area contributed by atoms with E-state index in [2.05, 4.69) is 29.8 Å². The van der Waals surface area contributed by atoms with E-state index in [1.807, 2.05) is 0 Å². The van der Waals surface area contributed by atoms with Crippen LogP contribution in [0.2, 0.25) is 0 Å². The van der Waals surface area contributed by atoms with Gasteiger partial charge in [-0.15, -0.1) is 0 Å². The molecule has 0 saturated heterocycles. The lowest BCUT2D eigenvalue weighted by molar-refractivity contribution is 0.317. The molecule has 11 nitrogen and oxygen atoms in total. The Kier molecular flexibility index (Phi) is 50.5. The van der Waals surface area contributed by atoms with E-state index in [4.69, 9.17) is 22.9 Å². The van der Waals surface area contributed by atoms with Crippen LogP contribution in [0, 0.1) is 0 Å². The summed E-state index contributed by atoms with van der Waals surface area (Å²) in [5.74, 6) is 0.0280. The summed E-state index contributed by atoms with van der Waals surface area (Å²) >= 11 is 0. The van der Waals surface area contributed by atoms with Crippen molar-refractivity contribution in [1.82, 2.24) is 16.0 Å². The third kappa shape index (κ3) is 40.0. The van der Waals surface area contributed by atoms with Gasteiger partial charge in [0.25, 0.3) is 0 Å². The Hall–Kier alpha value is -0.380. The van der Waals surface area contributed by atoms with E-state index in [-0.39, 0.29) is 43.9 Å². The summed E-state index contributed by atoms with van der Waals surface area (Å²) in [6.07, 6.45) is 45.6. The molecule has 0 aromatic carbocycles. The fraction of sp³-hybridized carbons (Fsp3) is 1.00. The molecule has 0 bridgehead atoms. The molecule has 0 aliphatic heterocycles. The van der Waals surface area contributed by atoms with Crippen molar-refractivity contribution in [2.24, 2.45) is 22.9 Å². The van der Waals surface area contributed by atoms with Crippen molar-refractivity contribution < 1.29 is 16.8 Å². The van der Waals surface area contributed by atoms with Crippen LogP contribution < -0.4 is 38.9 Å². The van der Waals surface area contributed by atoms with Gasteiger partial charge in [-0.25, -0.2) is 16.8 Å². The van der Waals surface area contributed by atoms with Gasteiger partial charge in [0.2, 0.25) is 0 Å². The monoisotopic (exact) mass is 1030 g/mol. The fourth-order valence-electron chi connectivity index (χ4n) is 10.5. The topological polar surface area (TPSA) is 208 Å². The summed E-state index contributed by atoms with van der Waals surface area (Å²) in [5, 5.41) is 8.47. The largest absolute Gasteiger partial charge is 0.330 e. The summed E-state index contributed by atoms with van der Waals surface area (Å²) in [4.78, 5) is 0. The zero-order valence-corrected chi connectivity index (χ0v) is 48.3. The predicted octanol–water partition coefficient (Wildman–Crippen LogP) is 11.9. The Morgan fingerprint density at radius 3 is 0.871 bits per heavy atom. The van der Waals surface area contributed by atoms with Crippen molar-refractivity contribution in [1.29, 1.82) is 0 Å². The highest BCUT2D eigenvalue weighted by molar-refractivity contribution is 7.93. The van der Waals surface area contributed by atoms with Crippen molar-refractivity contribution in [3.05, 3.63) is 0 Å². The summed E-state index contributed by atoms with van der Waals surface area (Å²) in [6, 6.07) is 0. The van der Waals surface area contributed by atoms with Gasteiger partial charge in [0.1, 0.15) is 0 Å². The number of hydrogen-bond donors (Lipinski definition) is 7. The minimum absolute atomic E-state index is 0.0140. The maximum atomic E-state index is 14.4. The highest BCUT2D eigenvalue weighted by Crippen LogP contribution is 2.34. The Balaban J connectivity index is 5.27. The van der Waals surface area contributed by atoms with Crippen molar-refractivity contribution in [3.8, 4) is 0 Å². The first kappa shape index (κ1) is 69.6. The van der Waals surface area contributed by atoms with E-state index in [1.54, 1.807) is 0 Å². The van der Waals surface area contributed by atoms with Gasteiger partial charge >= 0.3 is 0 Å². The second-order valence-electron chi connectivity index (χ2n) is 21.5. The quantitative estimate of drug-likeness (QED) is 0.0285. The van der Waals surface area contributed by atoms with Crippen LogP contribution in [0.4, 0.5) is 0 Å². The Morgan fingerprint density at radius 2 is 0.586 bits per heavy atom. The van der Waals surface area contributed by atoms with Crippen LogP contribution in [-0.2, 0) is 19.7 Å². The SMILES string of the molecule is CCCCCCCCCCCCCCCCCCS(=O)(=O)C(CCN)C(N)(CCCNCCCNCCCCNCCCCN)C(CCN)S(=O)(=O)CCCCCCCCCCCCCCCCCC. The Bertz CT molecular complexity index is 1220. The molecule has 0 aromatic heterocycles. The Labute approximate surface area is 436 Å². The molecule has 0 rings (SSSR count). The van der Waals surface area contributed by atoms with Crippen molar-refractivity contribution in [3.63, 3.8) is 0 Å². The molecule has 0 saturated carbocycles. The van der Waals surface area contributed by atoms with E-state index >= 15 is 0 Å². The lowest BCUT2D eigenvalue weighted by atomic mass is 9.83. The van der Waals surface area contributed by atoms with Gasteiger partial charge < -0.3 is 38.9 Å². The summed E-state index contributed by atoms with van der Waals surface area (Å²) in [7, 11) is -7.51. The molecule has 0 radical (unpaired) electrons. The van der Waals surface area contributed by atoms with Gasteiger partial charge in [-0.3, -0.25) is 0 Å². The van der Waals surface area contributed by atoms with Crippen molar-refractivity contribution in [2.75, 3.05) is 70.4 Å². The molecule has 0 aromatic rings. The first-order valence-corrected chi connectivity index (χ1v) is 33.9. The molecule has 11 N–H and O–H groups in total. The lowest BCUT2D eigenvalue weighted by Crippen LogP contribution is -2.65. The van der Waals surface area contributed by atoms with Crippen LogP contribution in [0.1, 0.15) is 277 Å². The molecule has 0 spiro atoms. The van der Waals surface area contributed by atoms with E-state index in [0.717, 1.165) is 110 Å². The molecule has 0 fully saturated rings. The van der Waals surface area contributed by atoms with Gasteiger partial charge in [0.05, 0.1) is 22.0 Å². The molecule has 0 aliphatic carbocycles. The van der Waals surface area contributed by atoms with Gasteiger partial charge in [0.15, 0.2) is 19.7 Å². The molecule has 2 unspecified atom stereocenters. The molecule has 0 amide bonds. The van der Waals surface area contributed by atoms with E-state index in [9.17, 15) is 16.8 Å². The summed E-state index contributed by atoms with van der Waals surface area (Å²) < 4.78 is 57.8. The highest BCUT2D eigenvalue weighted by Gasteiger charge is 2.51. The molecule has 70 heavy (non-hydrogen) atoms. The van der Waals surface area contributed by atoms with Crippen LogP contribution in [0.5, 0.6) is 0 Å². The normalized spacial score (nSPS) is 14.1. The number of nitrogens with two attached hydrogens (primary N) is 4. The average Bonchev–Trinajstić information content (AvgIpc) is 3.34.